The van der Waals surface area contributed by atoms with Gasteiger partial charge in [0.25, 0.3) is 5.91 Å². The third-order valence-corrected chi connectivity index (χ3v) is 4.44. The van der Waals surface area contributed by atoms with E-state index in [1.54, 1.807) is 18.6 Å². The van der Waals surface area contributed by atoms with Gasteiger partial charge in [0, 0.05) is 55.9 Å². The molecule has 25 heavy (non-hydrogen) atoms. The predicted octanol–water partition coefficient (Wildman–Crippen LogP) is 2.43. The van der Waals surface area contributed by atoms with Gasteiger partial charge >= 0.3 is 0 Å². The summed E-state index contributed by atoms with van der Waals surface area (Å²) in [6.45, 7) is 3.01. The first-order valence-electron chi connectivity index (χ1n) is 8.36. The SMILES string of the molecule is O=C(c1ccc(-c2ncc[nH]2)cc1)N1CCN(c2ccccn2)CC1. The number of nitrogens with zero attached hydrogens (tertiary/aromatic N) is 4. The Kier molecular flexibility index (Phi) is 4.16. The first kappa shape index (κ1) is 15.4. The van der Waals surface area contributed by atoms with Crippen LogP contribution in [0.25, 0.3) is 11.4 Å². The van der Waals surface area contributed by atoms with E-state index >= 15 is 0 Å². The highest BCUT2D eigenvalue weighted by molar-refractivity contribution is 5.94. The van der Waals surface area contributed by atoms with E-state index in [0.717, 1.165) is 30.3 Å². The number of benzene rings is 1. The van der Waals surface area contributed by atoms with Gasteiger partial charge in [0.1, 0.15) is 11.6 Å². The molecule has 6 nitrogen and oxygen atoms in total. The molecule has 0 atom stereocenters. The van der Waals surface area contributed by atoms with Gasteiger partial charge < -0.3 is 14.8 Å². The second-order valence-electron chi connectivity index (χ2n) is 5.98. The van der Waals surface area contributed by atoms with Gasteiger partial charge in [0.15, 0.2) is 0 Å². The fourth-order valence-corrected chi connectivity index (χ4v) is 3.06. The van der Waals surface area contributed by atoms with Crippen LogP contribution in [0.15, 0.2) is 61.1 Å². The number of aromatic amines is 1. The minimum atomic E-state index is 0.0756. The summed E-state index contributed by atoms with van der Waals surface area (Å²) in [4.78, 5) is 28.5. The first-order chi connectivity index (χ1) is 12.3. The summed E-state index contributed by atoms with van der Waals surface area (Å²) < 4.78 is 0. The molecule has 0 unspecified atom stereocenters. The summed E-state index contributed by atoms with van der Waals surface area (Å²) in [5.41, 5.74) is 1.68. The van der Waals surface area contributed by atoms with Crippen molar-refractivity contribution in [2.24, 2.45) is 0 Å². The Morgan fingerprint density at radius 2 is 1.72 bits per heavy atom. The summed E-state index contributed by atoms with van der Waals surface area (Å²) >= 11 is 0. The van der Waals surface area contributed by atoms with Crippen molar-refractivity contribution >= 4 is 11.7 Å². The van der Waals surface area contributed by atoms with Crippen LogP contribution in [-0.4, -0.2) is 51.9 Å². The van der Waals surface area contributed by atoms with Crippen LogP contribution in [0.3, 0.4) is 0 Å². The van der Waals surface area contributed by atoms with Gasteiger partial charge in [-0.15, -0.1) is 0 Å². The maximum atomic E-state index is 12.7. The van der Waals surface area contributed by atoms with E-state index in [1.807, 2.05) is 47.4 Å². The lowest BCUT2D eigenvalue weighted by Gasteiger charge is -2.35. The van der Waals surface area contributed by atoms with Gasteiger partial charge in [-0.25, -0.2) is 9.97 Å². The quantitative estimate of drug-likeness (QED) is 0.799. The van der Waals surface area contributed by atoms with Crippen molar-refractivity contribution in [1.82, 2.24) is 19.9 Å². The summed E-state index contributed by atoms with van der Waals surface area (Å²) in [6.07, 6.45) is 5.30. The van der Waals surface area contributed by atoms with Crippen LogP contribution in [0, 0.1) is 0 Å². The maximum absolute atomic E-state index is 12.7. The van der Waals surface area contributed by atoms with Gasteiger partial charge in [-0.3, -0.25) is 4.79 Å². The van der Waals surface area contributed by atoms with Crippen LogP contribution in [0.5, 0.6) is 0 Å². The normalized spacial score (nSPS) is 14.6. The fourth-order valence-electron chi connectivity index (χ4n) is 3.06. The van der Waals surface area contributed by atoms with E-state index in [4.69, 9.17) is 0 Å². The summed E-state index contributed by atoms with van der Waals surface area (Å²) in [5.74, 6) is 1.85. The highest BCUT2D eigenvalue weighted by Crippen LogP contribution is 2.18. The molecule has 0 radical (unpaired) electrons. The molecule has 1 aliphatic rings. The van der Waals surface area contributed by atoms with Crippen molar-refractivity contribution < 1.29 is 4.79 Å². The average Bonchev–Trinajstić information content (AvgIpc) is 3.23. The number of anilines is 1. The number of piperazine rings is 1. The molecule has 3 aromatic rings. The molecular weight excluding hydrogens is 314 g/mol. The van der Waals surface area contributed by atoms with Gasteiger partial charge in [-0.2, -0.15) is 0 Å². The van der Waals surface area contributed by atoms with Gasteiger partial charge in [-0.1, -0.05) is 18.2 Å². The second-order valence-corrected chi connectivity index (χ2v) is 5.98. The van der Waals surface area contributed by atoms with Gasteiger partial charge in [0.2, 0.25) is 0 Å². The standard InChI is InChI=1S/C19H19N5O/c25-19(16-6-4-15(5-7-16)18-21-9-10-22-18)24-13-11-23(12-14-24)17-3-1-2-8-20-17/h1-10H,11-14H2,(H,21,22). The van der Waals surface area contributed by atoms with Crippen LogP contribution in [-0.2, 0) is 0 Å². The van der Waals surface area contributed by atoms with Crippen molar-refractivity contribution in [2.75, 3.05) is 31.1 Å². The highest BCUT2D eigenvalue weighted by atomic mass is 16.2. The number of hydrogen-bond acceptors (Lipinski definition) is 4. The molecule has 4 rings (SSSR count). The fraction of sp³-hybridized carbons (Fsp3) is 0.211. The smallest absolute Gasteiger partial charge is 0.253 e. The molecule has 3 heterocycles. The number of rotatable bonds is 3. The van der Waals surface area contributed by atoms with Crippen LogP contribution in [0.2, 0.25) is 0 Å². The zero-order valence-corrected chi connectivity index (χ0v) is 13.8. The Morgan fingerprint density at radius 1 is 0.920 bits per heavy atom. The van der Waals surface area contributed by atoms with Crippen molar-refractivity contribution in [3.8, 4) is 11.4 Å². The topological polar surface area (TPSA) is 65.1 Å². The predicted molar refractivity (Wildman–Crippen MR) is 96.4 cm³/mol. The molecule has 1 fully saturated rings. The number of H-pyrrole nitrogens is 1. The number of carbonyl (C=O) groups is 1. The van der Waals surface area contributed by atoms with E-state index in [-0.39, 0.29) is 5.91 Å². The molecule has 1 aliphatic heterocycles. The third-order valence-electron chi connectivity index (χ3n) is 4.44. The first-order valence-corrected chi connectivity index (χ1v) is 8.36. The van der Waals surface area contributed by atoms with Crippen LogP contribution in [0.4, 0.5) is 5.82 Å². The Morgan fingerprint density at radius 3 is 2.36 bits per heavy atom. The van der Waals surface area contributed by atoms with Crippen LogP contribution < -0.4 is 4.90 Å². The van der Waals surface area contributed by atoms with E-state index in [1.165, 1.54) is 0 Å². The number of pyridine rings is 1. The number of nitrogens with one attached hydrogen (secondary N) is 1. The molecule has 0 aliphatic carbocycles. The third kappa shape index (κ3) is 3.24. The number of amides is 1. The maximum Gasteiger partial charge on any atom is 0.253 e. The van der Waals surface area contributed by atoms with Crippen molar-refractivity contribution in [3.05, 3.63) is 66.6 Å². The highest BCUT2D eigenvalue weighted by Gasteiger charge is 2.22. The Labute approximate surface area is 146 Å². The molecule has 1 saturated heterocycles. The molecule has 1 amide bonds. The molecule has 126 valence electrons. The summed E-state index contributed by atoms with van der Waals surface area (Å²) in [7, 11) is 0. The average molecular weight is 333 g/mol. The Hall–Kier alpha value is -3.15. The second kappa shape index (κ2) is 6.76. The molecular formula is C19H19N5O. The number of hydrogen-bond donors (Lipinski definition) is 1. The Balaban J connectivity index is 1.40. The van der Waals surface area contributed by atoms with Crippen molar-refractivity contribution in [2.45, 2.75) is 0 Å². The number of carbonyl (C=O) groups excluding carboxylic acids is 1. The van der Waals surface area contributed by atoms with Crippen LogP contribution in [0.1, 0.15) is 10.4 Å². The molecule has 1 N–H and O–H groups in total. The van der Waals surface area contributed by atoms with E-state index in [0.29, 0.717) is 18.7 Å². The van der Waals surface area contributed by atoms with Gasteiger partial charge in [0.05, 0.1) is 0 Å². The van der Waals surface area contributed by atoms with E-state index < -0.39 is 0 Å². The van der Waals surface area contributed by atoms with Crippen molar-refractivity contribution in [1.29, 1.82) is 0 Å². The minimum Gasteiger partial charge on any atom is -0.353 e. The van der Waals surface area contributed by atoms with Gasteiger partial charge in [-0.05, 0) is 24.3 Å². The molecule has 1 aromatic carbocycles. The van der Waals surface area contributed by atoms with E-state index in [9.17, 15) is 4.79 Å². The monoisotopic (exact) mass is 333 g/mol. The zero-order chi connectivity index (χ0) is 17.1. The summed E-state index contributed by atoms with van der Waals surface area (Å²) in [6, 6.07) is 13.5. The molecule has 2 aromatic heterocycles. The lowest BCUT2D eigenvalue weighted by atomic mass is 10.1. The van der Waals surface area contributed by atoms with E-state index in [2.05, 4.69) is 19.9 Å². The lowest BCUT2D eigenvalue weighted by Crippen LogP contribution is -2.49. The van der Waals surface area contributed by atoms with Crippen LogP contribution >= 0.6 is 0 Å². The molecule has 0 saturated carbocycles. The zero-order valence-electron chi connectivity index (χ0n) is 13.8. The molecule has 0 bridgehead atoms. The lowest BCUT2D eigenvalue weighted by molar-refractivity contribution is 0.0746. The summed E-state index contributed by atoms with van der Waals surface area (Å²) in [5, 5.41) is 0. The Bertz CT molecular complexity index is 822. The van der Waals surface area contributed by atoms with Crippen molar-refractivity contribution in [3.63, 3.8) is 0 Å². The molecule has 0 spiro atoms. The molecule has 6 heteroatoms. The largest absolute Gasteiger partial charge is 0.353 e. The minimum absolute atomic E-state index is 0.0756. The number of aromatic nitrogens is 3. The number of imidazole rings is 1.